The molecule has 7 nitrogen and oxygen atoms in total. The van der Waals surface area contributed by atoms with E-state index in [1.54, 1.807) is 17.0 Å². The van der Waals surface area contributed by atoms with E-state index in [1.165, 1.54) is 0 Å². The first-order chi connectivity index (χ1) is 12.3. The number of hydrogen-bond donors (Lipinski definition) is 3. The Morgan fingerprint density at radius 1 is 1.27 bits per heavy atom. The molecule has 0 radical (unpaired) electrons. The minimum Gasteiger partial charge on any atom is -0.394 e. The number of ether oxygens (including phenoxy) is 1. The van der Waals surface area contributed by atoms with Crippen LogP contribution in [-0.4, -0.2) is 53.8 Å². The maximum atomic E-state index is 12.2. The third-order valence-corrected chi connectivity index (χ3v) is 4.12. The zero-order chi connectivity index (χ0) is 19.3. The van der Waals surface area contributed by atoms with Crippen molar-refractivity contribution in [3.8, 4) is 0 Å². The van der Waals surface area contributed by atoms with Gasteiger partial charge < -0.3 is 25.4 Å². The molecule has 0 aliphatic carbocycles. The SMILES string of the molecule is CC(C)CN1C(=O)COC(c2ccc(NC(=O)NC(C)C)cc2)C1CO. The smallest absolute Gasteiger partial charge is 0.319 e. The van der Waals surface area contributed by atoms with E-state index in [4.69, 9.17) is 4.74 Å². The molecule has 2 atom stereocenters. The minimum absolute atomic E-state index is 0.00465. The summed E-state index contributed by atoms with van der Waals surface area (Å²) in [7, 11) is 0. The molecule has 3 amide bonds. The van der Waals surface area contributed by atoms with E-state index >= 15 is 0 Å². The maximum absolute atomic E-state index is 12.2. The van der Waals surface area contributed by atoms with E-state index in [0.717, 1.165) is 5.56 Å². The van der Waals surface area contributed by atoms with Crippen LogP contribution in [0.4, 0.5) is 10.5 Å². The highest BCUT2D eigenvalue weighted by molar-refractivity contribution is 5.89. The second-order valence-corrected chi connectivity index (χ2v) is 7.30. The molecular formula is C19H29N3O4. The number of benzene rings is 1. The highest BCUT2D eigenvalue weighted by Gasteiger charge is 2.37. The lowest BCUT2D eigenvalue weighted by Gasteiger charge is -2.41. The van der Waals surface area contributed by atoms with E-state index in [9.17, 15) is 14.7 Å². The van der Waals surface area contributed by atoms with E-state index < -0.39 is 12.1 Å². The molecule has 1 aromatic rings. The van der Waals surface area contributed by atoms with Crippen molar-refractivity contribution in [3.05, 3.63) is 29.8 Å². The lowest BCUT2D eigenvalue weighted by atomic mass is 9.98. The molecule has 0 aromatic heterocycles. The number of anilines is 1. The molecule has 144 valence electrons. The summed E-state index contributed by atoms with van der Waals surface area (Å²) in [6, 6.07) is 6.65. The van der Waals surface area contributed by atoms with Crippen LogP contribution in [-0.2, 0) is 9.53 Å². The van der Waals surface area contributed by atoms with E-state index in [1.807, 2.05) is 39.8 Å². The van der Waals surface area contributed by atoms with Crippen LogP contribution in [0.1, 0.15) is 39.4 Å². The van der Waals surface area contributed by atoms with Gasteiger partial charge in [0.2, 0.25) is 5.91 Å². The lowest BCUT2D eigenvalue weighted by Crippen LogP contribution is -2.53. The van der Waals surface area contributed by atoms with Crippen LogP contribution in [0.3, 0.4) is 0 Å². The van der Waals surface area contributed by atoms with Crippen molar-refractivity contribution in [2.45, 2.75) is 45.9 Å². The fourth-order valence-corrected chi connectivity index (χ4v) is 3.03. The van der Waals surface area contributed by atoms with Crippen LogP contribution < -0.4 is 10.6 Å². The van der Waals surface area contributed by atoms with Crippen molar-refractivity contribution in [2.75, 3.05) is 25.1 Å². The van der Waals surface area contributed by atoms with Crippen molar-refractivity contribution < 1.29 is 19.4 Å². The molecule has 0 bridgehead atoms. The number of morpholine rings is 1. The molecule has 7 heteroatoms. The van der Waals surface area contributed by atoms with E-state index in [2.05, 4.69) is 10.6 Å². The number of carbonyl (C=O) groups excluding carboxylic acids is 2. The summed E-state index contributed by atoms with van der Waals surface area (Å²) in [5, 5.41) is 15.4. The summed E-state index contributed by atoms with van der Waals surface area (Å²) in [4.78, 5) is 25.6. The molecule has 2 rings (SSSR count). The fraction of sp³-hybridized carbons (Fsp3) is 0.579. The normalized spacial score (nSPS) is 20.6. The second kappa shape index (κ2) is 9.00. The van der Waals surface area contributed by atoms with Gasteiger partial charge in [-0.25, -0.2) is 4.79 Å². The van der Waals surface area contributed by atoms with E-state index in [-0.39, 0.29) is 31.2 Å². The molecule has 1 heterocycles. The summed E-state index contributed by atoms with van der Waals surface area (Å²) in [5.41, 5.74) is 1.53. The number of rotatable bonds is 6. The second-order valence-electron chi connectivity index (χ2n) is 7.30. The summed E-state index contributed by atoms with van der Waals surface area (Å²) in [6.07, 6.45) is -0.394. The van der Waals surface area contributed by atoms with Crippen LogP contribution in [0.5, 0.6) is 0 Å². The van der Waals surface area contributed by atoms with Gasteiger partial charge in [-0.1, -0.05) is 26.0 Å². The average Bonchev–Trinajstić information content (AvgIpc) is 2.56. The van der Waals surface area contributed by atoms with Gasteiger partial charge in [-0.3, -0.25) is 4.79 Å². The molecular weight excluding hydrogens is 334 g/mol. The lowest BCUT2D eigenvalue weighted by molar-refractivity contribution is -0.161. The standard InChI is InChI=1S/C19H29N3O4/c1-12(2)9-22-16(10-23)18(26-11-17(22)24)14-5-7-15(8-6-14)21-19(25)20-13(3)4/h5-8,12-13,16,18,23H,9-11H2,1-4H3,(H2,20,21,25). The van der Waals surface area contributed by atoms with Crippen LogP contribution in [0.2, 0.25) is 0 Å². The number of nitrogens with zero attached hydrogens (tertiary/aromatic N) is 1. The molecule has 1 fully saturated rings. The Morgan fingerprint density at radius 2 is 1.92 bits per heavy atom. The van der Waals surface area contributed by atoms with Gasteiger partial charge in [0.05, 0.1) is 12.6 Å². The molecule has 1 saturated heterocycles. The Morgan fingerprint density at radius 3 is 2.46 bits per heavy atom. The van der Waals surface area contributed by atoms with Crippen LogP contribution in [0, 0.1) is 5.92 Å². The molecule has 2 unspecified atom stereocenters. The minimum atomic E-state index is -0.415. The first-order valence-corrected chi connectivity index (χ1v) is 9.01. The van der Waals surface area contributed by atoms with E-state index in [0.29, 0.717) is 18.2 Å². The van der Waals surface area contributed by atoms with Gasteiger partial charge in [0, 0.05) is 18.3 Å². The van der Waals surface area contributed by atoms with Gasteiger partial charge in [-0.15, -0.1) is 0 Å². The Balaban J connectivity index is 2.11. The Labute approximate surface area is 154 Å². The quantitative estimate of drug-likeness (QED) is 0.722. The molecule has 26 heavy (non-hydrogen) atoms. The number of urea groups is 1. The predicted molar refractivity (Wildman–Crippen MR) is 99.9 cm³/mol. The summed E-state index contributed by atoms with van der Waals surface area (Å²) < 4.78 is 5.71. The molecule has 3 N–H and O–H groups in total. The molecule has 0 spiro atoms. The van der Waals surface area contributed by atoms with Crippen molar-refractivity contribution in [2.24, 2.45) is 5.92 Å². The van der Waals surface area contributed by atoms with Crippen molar-refractivity contribution in [3.63, 3.8) is 0 Å². The summed E-state index contributed by atoms with van der Waals surface area (Å²) in [5.74, 6) is 0.204. The van der Waals surface area contributed by atoms with Gasteiger partial charge in [0.1, 0.15) is 12.7 Å². The van der Waals surface area contributed by atoms with Crippen LogP contribution in [0.25, 0.3) is 0 Å². The predicted octanol–water partition coefficient (Wildman–Crippen LogP) is 2.13. The maximum Gasteiger partial charge on any atom is 0.319 e. The Hall–Kier alpha value is -2.12. The Kier molecular flexibility index (Phi) is 6.99. The number of carbonyl (C=O) groups is 2. The monoisotopic (exact) mass is 363 g/mol. The van der Waals surface area contributed by atoms with Crippen LogP contribution in [0.15, 0.2) is 24.3 Å². The molecule has 0 saturated carbocycles. The zero-order valence-electron chi connectivity index (χ0n) is 15.9. The number of amides is 3. The highest BCUT2D eigenvalue weighted by Crippen LogP contribution is 2.30. The van der Waals surface area contributed by atoms with Crippen molar-refractivity contribution in [1.29, 1.82) is 0 Å². The third kappa shape index (κ3) is 5.19. The van der Waals surface area contributed by atoms with Crippen molar-refractivity contribution >= 4 is 17.6 Å². The molecule has 1 aliphatic heterocycles. The zero-order valence-corrected chi connectivity index (χ0v) is 15.9. The average molecular weight is 363 g/mol. The van der Waals surface area contributed by atoms with Gasteiger partial charge in [0.25, 0.3) is 0 Å². The topological polar surface area (TPSA) is 90.9 Å². The molecule has 1 aromatic carbocycles. The van der Waals surface area contributed by atoms with Gasteiger partial charge in [0.15, 0.2) is 0 Å². The summed E-state index contributed by atoms with van der Waals surface area (Å²) in [6.45, 7) is 8.28. The Bertz CT molecular complexity index is 616. The van der Waals surface area contributed by atoms with Crippen LogP contribution >= 0.6 is 0 Å². The first kappa shape index (κ1) is 20.2. The highest BCUT2D eigenvalue weighted by atomic mass is 16.5. The van der Waals surface area contributed by atoms with Gasteiger partial charge in [-0.2, -0.15) is 0 Å². The molecule has 1 aliphatic rings. The van der Waals surface area contributed by atoms with Crippen molar-refractivity contribution in [1.82, 2.24) is 10.2 Å². The largest absolute Gasteiger partial charge is 0.394 e. The number of aliphatic hydroxyl groups is 1. The number of aliphatic hydroxyl groups excluding tert-OH is 1. The first-order valence-electron chi connectivity index (χ1n) is 9.01. The number of hydrogen-bond acceptors (Lipinski definition) is 4. The van der Waals surface area contributed by atoms with Gasteiger partial charge in [-0.05, 0) is 37.5 Å². The fourth-order valence-electron chi connectivity index (χ4n) is 3.03. The van der Waals surface area contributed by atoms with Gasteiger partial charge >= 0.3 is 6.03 Å². The third-order valence-electron chi connectivity index (χ3n) is 4.12. The summed E-state index contributed by atoms with van der Waals surface area (Å²) >= 11 is 0. The number of nitrogens with one attached hydrogen (secondary N) is 2.